The number of Topliss-reactive ketones (excluding diaryl/α,β-unsaturated/α-hetero) is 1. The van der Waals surface area contributed by atoms with E-state index in [1.54, 1.807) is 24.3 Å². The van der Waals surface area contributed by atoms with Gasteiger partial charge >= 0.3 is 0 Å². The number of hydrogen-bond acceptors (Lipinski definition) is 12. The first-order chi connectivity index (χ1) is 39.8. The molecule has 0 saturated heterocycles. The highest BCUT2D eigenvalue weighted by molar-refractivity contribution is 5.98. The fourth-order valence-corrected chi connectivity index (χ4v) is 15.2. The molecule has 0 radical (unpaired) electrons. The quantitative estimate of drug-likeness (QED) is 0.0515. The van der Waals surface area contributed by atoms with Crippen molar-refractivity contribution in [2.24, 2.45) is 51.3 Å². The van der Waals surface area contributed by atoms with Gasteiger partial charge in [-0.3, -0.25) is 19.9 Å². The van der Waals surface area contributed by atoms with Crippen LogP contribution in [-0.2, 0) is 33.6 Å². The number of phenolic OH excluding ortho intramolecular Hbond substituents is 1. The molecule has 1 spiro atoms. The maximum Gasteiger partial charge on any atom is 0.243 e. The number of phenols is 1. The number of allylic oxidation sites excluding steroid dienone is 5. The number of fused-ring (bicyclic) bond motifs is 7. The number of carbonyl (C=O) groups is 2. The van der Waals surface area contributed by atoms with E-state index in [-0.39, 0.29) is 67.6 Å². The molecule has 14 N–H and O–H groups in total. The maximum absolute atomic E-state index is 15.4. The number of nitrogens with one attached hydrogen (secondary N) is 3. The smallest absolute Gasteiger partial charge is 0.243 e. The molecule has 3 aliphatic carbocycles. The standard InChI is InChI=1S/C68H89N7O8/c1-6-72-56-29-22-40(2)13-7-8-32-83-59-21-12-18-47-37-68(63(80)61(47)51(59)19-9-14-41(56)3)55-28-27-49(77)34-43-15-10-16-44(33-43)35-53(54(38-74-66(70)71)45-23-25-48(76)26-24-45)58(79)39-73-62-60-46(17-11-20-52(60)64(69)75-65(62)81)36-57(78)42(4)50(55)30-31-67(68,5)82/h9-11,14-17,19-20,22-26,33,47,49,53-56,58-59,61-64,72-73,76-77,79-80,82H,3,6,12-13,18,21,27-32,34-39,69H2,1-2,4-5H3,(H,75,81)(H4,70,71,74). The summed E-state index contributed by atoms with van der Waals surface area (Å²) in [5.74, 6) is 4.04. The van der Waals surface area contributed by atoms with Crippen LogP contribution in [0, 0.1) is 40.9 Å². The molecule has 3 heterocycles. The molecule has 0 aromatic heterocycles. The van der Waals surface area contributed by atoms with E-state index in [0.717, 1.165) is 65.6 Å². The predicted octanol–water partition coefficient (Wildman–Crippen LogP) is 6.99. The first-order valence-corrected chi connectivity index (χ1v) is 30.2. The average Bonchev–Trinajstić information content (AvgIpc) is 1.74. The lowest BCUT2D eigenvalue weighted by molar-refractivity contribution is -0.169. The number of ether oxygens (including phenoxy) is 1. The highest BCUT2D eigenvalue weighted by Gasteiger charge is 2.67. The number of carbonyl (C=O) groups excluding carboxylic acids is 2. The van der Waals surface area contributed by atoms with Gasteiger partial charge in [0, 0.05) is 49.2 Å². The van der Waals surface area contributed by atoms with Gasteiger partial charge in [-0.25, -0.2) is 0 Å². The molecule has 83 heavy (non-hydrogen) atoms. The highest BCUT2D eigenvalue weighted by Crippen LogP contribution is 2.66. The Morgan fingerprint density at radius 1 is 0.988 bits per heavy atom. The van der Waals surface area contributed by atoms with Crippen LogP contribution in [0.25, 0.3) is 0 Å². The summed E-state index contributed by atoms with van der Waals surface area (Å²) < 4.78 is 6.72. The Bertz CT molecular complexity index is 3070. The maximum atomic E-state index is 15.4. The van der Waals surface area contributed by atoms with Crippen molar-refractivity contribution in [3.63, 3.8) is 0 Å². The van der Waals surface area contributed by atoms with Gasteiger partial charge in [0.15, 0.2) is 11.7 Å². The number of rotatable bonds is 6. The van der Waals surface area contributed by atoms with E-state index in [1.165, 1.54) is 5.57 Å². The summed E-state index contributed by atoms with van der Waals surface area (Å²) in [6, 6.07) is 19.3. The van der Waals surface area contributed by atoms with Crippen molar-refractivity contribution in [1.82, 2.24) is 16.0 Å². The summed E-state index contributed by atoms with van der Waals surface area (Å²) in [6.07, 6.45) is 10.6. The van der Waals surface area contributed by atoms with Crippen LogP contribution in [0.15, 0.2) is 130 Å². The number of aromatic hydroxyl groups is 1. The number of amides is 1. The summed E-state index contributed by atoms with van der Waals surface area (Å²) in [7, 11) is 0. The molecule has 15 nitrogen and oxygen atoms in total. The molecule has 444 valence electrons. The fourth-order valence-electron chi connectivity index (χ4n) is 15.2. The Hall–Kier alpha value is -6.19. The molecular weight excluding hydrogens is 1040 g/mol. The van der Waals surface area contributed by atoms with Crippen LogP contribution < -0.4 is 33.2 Å². The van der Waals surface area contributed by atoms with Crippen LogP contribution in [0.2, 0.25) is 0 Å². The Kier molecular flexibility index (Phi) is 19.8. The number of nitrogens with two attached hydrogens (primary N) is 3. The van der Waals surface area contributed by atoms with Gasteiger partial charge in [0.2, 0.25) is 5.91 Å². The van der Waals surface area contributed by atoms with Crippen LogP contribution in [0.4, 0.5) is 0 Å². The minimum Gasteiger partial charge on any atom is -0.508 e. The second-order valence-corrected chi connectivity index (χ2v) is 24.7. The third-order valence-corrected chi connectivity index (χ3v) is 19.5. The van der Waals surface area contributed by atoms with Gasteiger partial charge in [-0.05, 0) is 172 Å². The Morgan fingerprint density at radius 3 is 2.51 bits per heavy atom. The first-order valence-electron chi connectivity index (χ1n) is 30.2. The summed E-state index contributed by atoms with van der Waals surface area (Å²) in [6.45, 7) is 13.5. The van der Waals surface area contributed by atoms with Gasteiger partial charge in [0.25, 0.3) is 0 Å². The van der Waals surface area contributed by atoms with E-state index < -0.39 is 65.2 Å². The summed E-state index contributed by atoms with van der Waals surface area (Å²) in [4.78, 5) is 34.1. The molecule has 3 saturated carbocycles. The monoisotopic (exact) mass is 1130 g/mol. The second kappa shape index (κ2) is 26.8. The predicted molar refractivity (Wildman–Crippen MR) is 325 cm³/mol. The van der Waals surface area contributed by atoms with Crippen LogP contribution in [0.5, 0.6) is 5.75 Å². The van der Waals surface area contributed by atoms with Crippen LogP contribution in [0.3, 0.4) is 0 Å². The zero-order valence-electron chi connectivity index (χ0n) is 49.0. The van der Waals surface area contributed by atoms with E-state index in [0.29, 0.717) is 73.6 Å². The molecular formula is C68H89N7O8. The second-order valence-electron chi connectivity index (χ2n) is 24.7. The molecule has 3 aromatic carbocycles. The molecule has 9 rings (SSSR count). The van der Waals surface area contributed by atoms with Gasteiger partial charge in [-0.15, -0.1) is 0 Å². The van der Waals surface area contributed by atoms with Crippen molar-refractivity contribution in [3.8, 4) is 17.6 Å². The number of hydrogen-bond donors (Lipinski definition) is 11. The number of aliphatic hydroxyl groups is 4. The van der Waals surface area contributed by atoms with E-state index in [4.69, 9.17) is 21.9 Å². The van der Waals surface area contributed by atoms with Gasteiger partial charge in [0.1, 0.15) is 24.6 Å². The van der Waals surface area contributed by atoms with Crippen LogP contribution in [0.1, 0.15) is 143 Å². The van der Waals surface area contributed by atoms with Crippen LogP contribution in [-0.4, -0.2) is 105 Å². The number of benzene rings is 3. The van der Waals surface area contributed by atoms with Crippen molar-refractivity contribution in [2.45, 2.75) is 165 Å². The third-order valence-electron chi connectivity index (χ3n) is 19.5. The highest BCUT2D eigenvalue weighted by atomic mass is 16.5. The van der Waals surface area contributed by atoms with Crippen molar-refractivity contribution in [3.05, 3.63) is 159 Å². The zero-order chi connectivity index (χ0) is 59.2. The number of aliphatic hydroxyl groups excluding tert-OH is 3. The molecule has 3 fully saturated rings. The zero-order valence-corrected chi connectivity index (χ0v) is 49.0. The summed E-state index contributed by atoms with van der Waals surface area (Å²) in [5, 5.41) is 71.9. The fraction of sp³-hybridized carbons (Fsp3) is 0.515. The molecule has 3 aromatic rings. The largest absolute Gasteiger partial charge is 0.508 e. The average molecular weight is 1130 g/mol. The molecule has 14 atom stereocenters. The van der Waals surface area contributed by atoms with Gasteiger partial charge in [-0.1, -0.05) is 122 Å². The van der Waals surface area contributed by atoms with Crippen molar-refractivity contribution in [2.75, 3.05) is 26.2 Å². The van der Waals surface area contributed by atoms with E-state index in [1.807, 2.05) is 62.4 Å². The number of likely N-dealkylation sites (N-methyl/N-ethyl adjacent to an activating group) is 1. The lowest BCUT2D eigenvalue weighted by Crippen LogP contribution is -2.59. The van der Waals surface area contributed by atoms with E-state index in [2.05, 4.69) is 71.4 Å². The number of nitrogens with zero attached hydrogens (tertiary/aromatic N) is 1. The molecule has 3 aliphatic heterocycles. The normalized spacial score (nSPS) is 32.5. The molecule has 2 bridgehead atoms. The summed E-state index contributed by atoms with van der Waals surface area (Å²) >= 11 is 0. The number of aliphatic imine (C=N–C) groups is 1. The Morgan fingerprint density at radius 2 is 1.75 bits per heavy atom. The molecule has 15 heteroatoms. The lowest BCUT2D eigenvalue weighted by Gasteiger charge is -2.56. The van der Waals surface area contributed by atoms with E-state index in [9.17, 15) is 30.3 Å². The molecule has 6 aliphatic rings. The van der Waals surface area contributed by atoms with Gasteiger partial charge in [0.05, 0.1) is 30.0 Å². The minimum absolute atomic E-state index is 0.0262. The Labute approximate surface area is 490 Å². The number of ketones is 1. The lowest BCUT2D eigenvalue weighted by atomic mass is 9.52. The van der Waals surface area contributed by atoms with Gasteiger partial charge in [-0.2, -0.15) is 0 Å². The number of β-amino-alcohol motifs (C(OH)–C–C–N with tert-alkyl or cyclic N) is 1. The van der Waals surface area contributed by atoms with Crippen molar-refractivity contribution < 1.29 is 39.9 Å². The van der Waals surface area contributed by atoms with Crippen molar-refractivity contribution in [1.29, 1.82) is 0 Å². The number of guanidine groups is 1. The SMILES string of the molecule is C=C1C=CC=C2C(CCCC3CC4(C5CCC(O)Cc6cccc(c6)CC(C(CN=C(N)N)c6ccc(O)cc6)C(O)CNC6C(=O)NC(N)c7cccc(c76)CC(=O)C(C)=C5CCC4(C)O)C(O)C23)OCC#CCC(C)=CCC1NCC. The third kappa shape index (κ3) is 13.5. The minimum atomic E-state index is -1.37. The topological polar surface area (TPSA) is 271 Å². The Balaban J connectivity index is 1.14. The van der Waals surface area contributed by atoms with Crippen LogP contribution >= 0.6 is 0 Å². The first kappa shape index (κ1) is 61.4. The molecule has 1 amide bonds. The summed E-state index contributed by atoms with van der Waals surface area (Å²) in [5.41, 5.74) is 24.9. The van der Waals surface area contributed by atoms with Crippen molar-refractivity contribution >= 4 is 17.6 Å². The van der Waals surface area contributed by atoms with E-state index >= 15 is 4.79 Å². The molecule has 14 unspecified atom stereocenters. The van der Waals surface area contributed by atoms with Gasteiger partial charge < -0.3 is 58.1 Å².